The minimum absolute atomic E-state index is 0.290. The number of aliphatic carboxylic acids is 1. The highest BCUT2D eigenvalue weighted by Crippen LogP contribution is 2.17. The first-order chi connectivity index (χ1) is 12.0. The number of aryl methyl sites for hydroxylation is 1. The van der Waals surface area contributed by atoms with E-state index in [2.05, 4.69) is 10.4 Å². The summed E-state index contributed by atoms with van der Waals surface area (Å²) in [7, 11) is 0. The van der Waals surface area contributed by atoms with Crippen LogP contribution >= 0.6 is 0 Å². The molecule has 0 bridgehead atoms. The molecule has 0 spiro atoms. The van der Waals surface area contributed by atoms with Crippen LogP contribution in [0.15, 0.2) is 53.6 Å². The summed E-state index contributed by atoms with van der Waals surface area (Å²) in [5, 5.41) is 10.3. The van der Waals surface area contributed by atoms with Crippen LogP contribution in [0.2, 0.25) is 0 Å². The molecule has 2 N–H and O–H groups in total. The van der Waals surface area contributed by atoms with Crippen LogP contribution in [-0.4, -0.2) is 20.7 Å². The normalized spacial score (nSPS) is 12.1. The van der Waals surface area contributed by atoms with Gasteiger partial charge in [0.1, 0.15) is 0 Å². The first-order valence-electron chi connectivity index (χ1n) is 8.00. The van der Waals surface area contributed by atoms with E-state index in [-0.39, 0.29) is 5.56 Å². The van der Waals surface area contributed by atoms with Gasteiger partial charge in [-0.15, -0.1) is 0 Å². The Hall–Kier alpha value is -3.15. The zero-order chi connectivity index (χ0) is 18.0. The maximum absolute atomic E-state index is 12.6. The van der Waals surface area contributed by atoms with Gasteiger partial charge in [0, 0.05) is 23.3 Å². The number of nitrogens with one attached hydrogen (secondary N) is 1. The third kappa shape index (κ3) is 3.24. The van der Waals surface area contributed by atoms with Crippen molar-refractivity contribution in [3.05, 3.63) is 75.8 Å². The summed E-state index contributed by atoms with van der Waals surface area (Å²) in [5.41, 5.74) is 5.50. The Balaban J connectivity index is 1.92. The molecule has 2 heterocycles. The molecule has 6 heteroatoms. The van der Waals surface area contributed by atoms with Crippen molar-refractivity contribution in [3.63, 3.8) is 0 Å². The van der Waals surface area contributed by atoms with Crippen molar-refractivity contribution in [2.75, 3.05) is 5.43 Å². The second-order valence-corrected chi connectivity index (χ2v) is 5.97. The van der Waals surface area contributed by atoms with Gasteiger partial charge in [-0.05, 0) is 37.1 Å². The summed E-state index contributed by atoms with van der Waals surface area (Å²) in [5.74, 6) is -1.88. The van der Waals surface area contributed by atoms with Crippen molar-refractivity contribution in [3.8, 4) is 0 Å². The van der Waals surface area contributed by atoms with Crippen LogP contribution < -0.4 is 11.0 Å². The van der Waals surface area contributed by atoms with E-state index in [0.717, 1.165) is 16.5 Å². The summed E-state index contributed by atoms with van der Waals surface area (Å²) in [6.45, 7) is 3.67. The number of rotatable bonds is 5. The van der Waals surface area contributed by atoms with E-state index in [1.165, 1.54) is 11.6 Å². The van der Waals surface area contributed by atoms with Gasteiger partial charge in [0.2, 0.25) is 0 Å². The molecule has 0 aliphatic heterocycles. The Morgan fingerprint density at radius 1 is 1.28 bits per heavy atom. The monoisotopic (exact) mass is 337 g/mol. The van der Waals surface area contributed by atoms with E-state index in [1.807, 2.05) is 30.3 Å². The van der Waals surface area contributed by atoms with Crippen LogP contribution in [0.4, 0.5) is 0 Å². The first-order valence-corrected chi connectivity index (χ1v) is 8.00. The number of fused-ring (bicyclic) bond motifs is 1. The van der Waals surface area contributed by atoms with Crippen molar-refractivity contribution in [2.24, 2.45) is 0 Å². The predicted octanol–water partition coefficient (Wildman–Crippen LogP) is 2.64. The molecule has 0 aliphatic rings. The Labute approximate surface area is 144 Å². The Morgan fingerprint density at radius 2 is 2.04 bits per heavy atom. The van der Waals surface area contributed by atoms with Crippen LogP contribution in [0, 0.1) is 6.92 Å². The van der Waals surface area contributed by atoms with E-state index in [9.17, 15) is 14.7 Å². The largest absolute Gasteiger partial charge is 0.481 e. The topological polar surface area (TPSA) is 84.2 Å². The third-order valence-electron chi connectivity index (χ3n) is 4.31. The molecule has 3 rings (SSSR count). The van der Waals surface area contributed by atoms with E-state index < -0.39 is 11.9 Å². The minimum Gasteiger partial charge on any atom is -0.481 e. The average Bonchev–Trinajstić information content (AvgIpc) is 2.61. The second-order valence-electron chi connectivity index (χ2n) is 5.97. The fourth-order valence-corrected chi connectivity index (χ4v) is 2.90. The van der Waals surface area contributed by atoms with Gasteiger partial charge in [-0.2, -0.15) is 0 Å². The van der Waals surface area contributed by atoms with Crippen LogP contribution in [0.25, 0.3) is 10.9 Å². The van der Waals surface area contributed by atoms with Crippen LogP contribution in [0.3, 0.4) is 0 Å². The number of pyridine rings is 2. The van der Waals surface area contributed by atoms with Crippen LogP contribution in [-0.2, 0) is 11.3 Å². The van der Waals surface area contributed by atoms with Crippen molar-refractivity contribution in [1.29, 1.82) is 0 Å². The Kier molecular flexibility index (Phi) is 4.52. The highest BCUT2D eigenvalue weighted by Gasteiger charge is 2.20. The van der Waals surface area contributed by atoms with Crippen LogP contribution in [0.1, 0.15) is 29.5 Å². The average molecular weight is 337 g/mol. The molecule has 128 valence electrons. The van der Waals surface area contributed by atoms with Gasteiger partial charge in [-0.25, -0.2) is 4.68 Å². The fraction of sp³-hybridized carbons (Fsp3) is 0.211. The van der Waals surface area contributed by atoms with Gasteiger partial charge in [0.25, 0.3) is 5.56 Å². The lowest BCUT2D eigenvalue weighted by Gasteiger charge is -2.15. The van der Waals surface area contributed by atoms with E-state index in [4.69, 9.17) is 0 Å². The molecular weight excluding hydrogens is 318 g/mol. The van der Waals surface area contributed by atoms with Gasteiger partial charge in [0.15, 0.2) is 0 Å². The van der Waals surface area contributed by atoms with Gasteiger partial charge in [0.05, 0.1) is 18.0 Å². The van der Waals surface area contributed by atoms with Crippen LogP contribution in [0.5, 0.6) is 0 Å². The highest BCUT2D eigenvalue weighted by molar-refractivity contribution is 5.81. The lowest BCUT2D eigenvalue weighted by molar-refractivity contribution is -0.138. The fourth-order valence-electron chi connectivity index (χ4n) is 2.90. The van der Waals surface area contributed by atoms with Gasteiger partial charge in [-0.3, -0.25) is 14.6 Å². The number of carbonyl (C=O) groups is 1. The number of para-hydroxylation sites is 1. The summed E-state index contributed by atoms with van der Waals surface area (Å²) in [6.07, 6.45) is 3.35. The van der Waals surface area contributed by atoms with Crippen molar-refractivity contribution in [1.82, 2.24) is 9.66 Å². The lowest BCUT2D eigenvalue weighted by atomic mass is 9.99. The molecule has 0 fully saturated rings. The summed E-state index contributed by atoms with van der Waals surface area (Å²) in [6, 6.07) is 11.5. The molecule has 3 aromatic rings. The Morgan fingerprint density at radius 3 is 2.80 bits per heavy atom. The highest BCUT2D eigenvalue weighted by atomic mass is 16.4. The zero-order valence-corrected chi connectivity index (χ0v) is 14.1. The van der Waals surface area contributed by atoms with E-state index in [0.29, 0.717) is 17.7 Å². The summed E-state index contributed by atoms with van der Waals surface area (Å²) in [4.78, 5) is 28.3. The SMILES string of the molecule is Cc1ccn(NCc2cccc3cccnc23)c(=O)c1C(C)C(=O)O. The third-order valence-corrected chi connectivity index (χ3v) is 4.31. The number of hydrogen-bond acceptors (Lipinski definition) is 4. The molecule has 1 aromatic carbocycles. The molecule has 2 aromatic heterocycles. The molecule has 1 unspecified atom stereocenters. The predicted molar refractivity (Wildman–Crippen MR) is 96.3 cm³/mol. The number of benzene rings is 1. The lowest BCUT2D eigenvalue weighted by Crippen LogP contribution is -2.33. The quantitative estimate of drug-likeness (QED) is 0.748. The number of nitrogens with zero attached hydrogens (tertiary/aromatic N) is 2. The standard InChI is InChI=1S/C19H19N3O3/c1-12-8-10-22(18(23)16(12)13(2)19(24)25)21-11-15-6-3-5-14-7-4-9-20-17(14)15/h3-10,13,21H,11H2,1-2H3,(H,24,25). The van der Waals surface area contributed by atoms with Gasteiger partial charge < -0.3 is 10.5 Å². The van der Waals surface area contributed by atoms with Crippen molar-refractivity contribution in [2.45, 2.75) is 26.3 Å². The molecule has 0 aliphatic carbocycles. The number of hydrogen-bond donors (Lipinski definition) is 2. The molecule has 25 heavy (non-hydrogen) atoms. The number of carboxylic acids is 1. The van der Waals surface area contributed by atoms with Gasteiger partial charge >= 0.3 is 5.97 Å². The minimum atomic E-state index is -1.02. The van der Waals surface area contributed by atoms with Crippen molar-refractivity contribution >= 4 is 16.9 Å². The molecule has 6 nitrogen and oxygen atoms in total. The van der Waals surface area contributed by atoms with Gasteiger partial charge in [-0.1, -0.05) is 24.3 Å². The molecule has 0 saturated heterocycles. The molecule has 1 atom stereocenters. The first kappa shape index (κ1) is 16.7. The van der Waals surface area contributed by atoms with E-state index >= 15 is 0 Å². The molecule has 0 amide bonds. The van der Waals surface area contributed by atoms with E-state index in [1.54, 1.807) is 25.4 Å². The summed E-state index contributed by atoms with van der Waals surface area (Å²) >= 11 is 0. The second kappa shape index (κ2) is 6.76. The maximum atomic E-state index is 12.6. The molecule has 0 radical (unpaired) electrons. The Bertz CT molecular complexity index is 989. The van der Waals surface area contributed by atoms with Crippen molar-refractivity contribution < 1.29 is 9.90 Å². The summed E-state index contributed by atoms with van der Waals surface area (Å²) < 4.78 is 1.34. The smallest absolute Gasteiger partial charge is 0.310 e. The molecule has 0 saturated carbocycles. The molecular formula is C19H19N3O3. The number of carboxylic acid groups (broad SMARTS) is 1. The maximum Gasteiger partial charge on any atom is 0.310 e. The number of aromatic nitrogens is 2. The zero-order valence-electron chi connectivity index (χ0n) is 14.1.